The monoisotopic (exact) mass is 297 g/mol. The van der Waals surface area contributed by atoms with E-state index in [2.05, 4.69) is 10.2 Å². The Labute approximate surface area is 117 Å². The fourth-order valence-electron chi connectivity index (χ4n) is 1.57. The lowest BCUT2D eigenvalue weighted by molar-refractivity contribution is -0.387. The molecule has 0 unspecified atom stereocenters. The van der Waals surface area contributed by atoms with Crippen LogP contribution in [0, 0.1) is 10.1 Å². The van der Waals surface area contributed by atoms with E-state index in [1.807, 2.05) is 0 Å². The minimum Gasteiger partial charge on any atom is -0.415 e. The molecule has 0 bridgehead atoms. The minimum absolute atomic E-state index is 0.0660. The second kappa shape index (κ2) is 4.82. The molecule has 8 heteroatoms. The second-order valence-corrected chi connectivity index (χ2v) is 5.58. The first-order valence-corrected chi connectivity index (χ1v) is 6.78. The SMILES string of the molecule is O=[N+]([O-])c1cc(Cl)ccc1Sc1nnc(C2CC2)o1. The smallest absolute Gasteiger partial charge is 0.284 e. The van der Waals surface area contributed by atoms with Crippen molar-refractivity contribution in [3.8, 4) is 0 Å². The highest BCUT2D eigenvalue weighted by atomic mass is 35.5. The first kappa shape index (κ1) is 12.4. The predicted octanol–water partition coefficient (Wildman–Crippen LogP) is 3.66. The average molecular weight is 298 g/mol. The van der Waals surface area contributed by atoms with Gasteiger partial charge in [0.2, 0.25) is 5.89 Å². The van der Waals surface area contributed by atoms with E-state index in [1.54, 1.807) is 12.1 Å². The summed E-state index contributed by atoms with van der Waals surface area (Å²) in [5, 5.41) is 19.4. The molecule has 0 amide bonds. The van der Waals surface area contributed by atoms with Crippen LogP contribution in [0.1, 0.15) is 24.7 Å². The van der Waals surface area contributed by atoms with Crippen molar-refractivity contribution in [2.24, 2.45) is 0 Å². The van der Waals surface area contributed by atoms with Crippen molar-refractivity contribution in [1.82, 2.24) is 10.2 Å². The van der Waals surface area contributed by atoms with Crippen molar-refractivity contribution < 1.29 is 9.34 Å². The van der Waals surface area contributed by atoms with Gasteiger partial charge in [-0.1, -0.05) is 11.6 Å². The topological polar surface area (TPSA) is 82.1 Å². The van der Waals surface area contributed by atoms with Gasteiger partial charge in [0.1, 0.15) is 0 Å². The van der Waals surface area contributed by atoms with E-state index >= 15 is 0 Å². The van der Waals surface area contributed by atoms with Gasteiger partial charge in [-0.2, -0.15) is 0 Å². The summed E-state index contributed by atoms with van der Waals surface area (Å²) in [5.41, 5.74) is -0.0660. The lowest BCUT2D eigenvalue weighted by Crippen LogP contribution is -1.90. The van der Waals surface area contributed by atoms with Gasteiger partial charge in [0.15, 0.2) is 0 Å². The normalized spacial score (nSPS) is 14.6. The lowest BCUT2D eigenvalue weighted by Gasteiger charge is -1.99. The molecule has 1 aromatic carbocycles. The van der Waals surface area contributed by atoms with Crippen molar-refractivity contribution in [2.45, 2.75) is 28.9 Å². The molecule has 19 heavy (non-hydrogen) atoms. The number of hydrogen-bond donors (Lipinski definition) is 0. The molecule has 0 atom stereocenters. The third-order valence-corrected chi connectivity index (χ3v) is 3.80. The fraction of sp³-hybridized carbons (Fsp3) is 0.273. The Morgan fingerprint density at radius 3 is 2.89 bits per heavy atom. The van der Waals surface area contributed by atoms with Gasteiger partial charge >= 0.3 is 0 Å². The molecule has 0 saturated heterocycles. The van der Waals surface area contributed by atoms with Crippen LogP contribution in [-0.4, -0.2) is 15.1 Å². The van der Waals surface area contributed by atoms with Crippen LogP contribution in [0.4, 0.5) is 5.69 Å². The van der Waals surface area contributed by atoms with Crippen LogP contribution in [0.25, 0.3) is 0 Å². The van der Waals surface area contributed by atoms with Gasteiger partial charge in [0, 0.05) is 17.0 Å². The Bertz CT molecular complexity index is 642. The average Bonchev–Trinajstić information content (AvgIpc) is 3.12. The van der Waals surface area contributed by atoms with Gasteiger partial charge in [0.25, 0.3) is 10.9 Å². The molecule has 0 N–H and O–H groups in total. The molecule has 1 heterocycles. The molecular formula is C11H8ClN3O3S. The number of nitro groups is 1. The van der Waals surface area contributed by atoms with E-state index in [0.29, 0.717) is 26.9 Å². The van der Waals surface area contributed by atoms with Gasteiger partial charge in [0.05, 0.1) is 9.82 Å². The zero-order valence-electron chi connectivity index (χ0n) is 9.58. The van der Waals surface area contributed by atoms with Gasteiger partial charge in [-0.15, -0.1) is 10.2 Å². The molecule has 0 spiro atoms. The van der Waals surface area contributed by atoms with Crippen molar-refractivity contribution in [3.63, 3.8) is 0 Å². The molecule has 1 fully saturated rings. The van der Waals surface area contributed by atoms with Crippen LogP contribution in [-0.2, 0) is 0 Å². The summed E-state index contributed by atoms with van der Waals surface area (Å²) in [6.07, 6.45) is 2.13. The Balaban J connectivity index is 1.87. The van der Waals surface area contributed by atoms with Gasteiger partial charge < -0.3 is 4.42 Å². The summed E-state index contributed by atoms with van der Waals surface area (Å²) in [5.74, 6) is 0.973. The Morgan fingerprint density at radius 2 is 2.21 bits per heavy atom. The van der Waals surface area contributed by atoms with Crippen LogP contribution in [0.15, 0.2) is 32.7 Å². The van der Waals surface area contributed by atoms with Crippen LogP contribution in [0.3, 0.4) is 0 Å². The molecule has 2 aromatic rings. The number of rotatable bonds is 4. The van der Waals surface area contributed by atoms with Crippen LogP contribution in [0.5, 0.6) is 0 Å². The largest absolute Gasteiger partial charge is 0.415 e. The third-order valence-electron chi connectivity index (χ3n) is 2.66. The Kier molecular flexibility index (Phi) is 3.16. The van der Waals surface area contributed by atoms with E-state index < -0.39 is 4.92 Å². The van der Waals surface area contributed by atoms with E-state index in [0.717, 1.165) is 24.6 Å². The summed E-state index contributed by atoms with van der Waals surface area (Å²) in [6, 6.07) is 4.48. The lowest BCUT2D eigenvalue weighted by atomic mass is 10.3. The zero-order chi connectivity index (χ0) is 13.4. The van der Waals surface area contributed by atoms with Crippen molar-refractivity contribution in [2.75, 3.05) is 0 Å². The molecule has 3 rings (SSSR count). The quantitative estimate of drug-likeness (QED) is 0.632. The third kappa shape index (κ3) is 2.71. The maximum absolute atomic E-state index is 11.0. The summed E-state index contributed by atoms with van der Waals surface area (Å²) in [4.78, 5) is 10.9. The number of hydrogen-bond acceptors (Lipinski definition) is 6. The van der Waals surface area contributed by atoms with Crippen molar-refractivity contribution in [3.05, 3.63) is 39.2 Å². The van der Waals surface area contributed by atoms with Crippen molar-refractivity contribution in [1.29, 1.82) is 0 Å². The van der Waals surface area contributed by atoms with E-state index in [1.165, 1.54) is 6.07 Å². The number of nitro benzene ring substituents is 1. The first-order chi connectivity index (χ1) is 9.13. The molecule has 1 aliphatic rings. The Morgan fingerprint density at radius 1 is 1.42 bits per heavy atom. The molecule has 0 radical (unpaired) electrons. The molecule has 1 aliphatic carbocycles. The highest BCUT2D eigenvalue weighted by molar-refractivity contribution is 7.99. The van der Waals surface area contributed by atoms with Gasteiger partial charge in [-0.25, -0.2) is 0 Å². The number of aromatic nitrogens is 2. The van der Waals surface area contributed by atoms with Gasteiger partial charge in [-0.3, -0.25) is 10.1 Å². The molecule has 98 valence electrons. The first-order valence-electron chi connectivity index (χ1n) is 5.58. The predicted molar refractivity (Wildman–Crippen MR) is 68.5 cm³/mol. The maximum atomic E-state index is 11.0. The summed E-state index contributed by atoms with van der Waals surface area (Å²) < 4.78 is 5.46. The highest BCUT2D eigenvalue weighted by Crippen LogP contribution is 2.41. The molecule has 1 saturated carbocycles. The molecule has 1 aromatic heterocycles. The van der Waals surface area contributed by atoms with Crippen LogP contribution in [0.2, 0.25) is 5.02 Å². The zero-order valence-corrected chi connectivity index (χ0v) is 11.1. The van der Waals surface area contributed by atoms with E-state index in [-0.39, 0.29) is 5.69 Å². The molecule has 6 nitrogen and oxygen atoms in total. The number of halogens is 1. The van der Waals surface area contributed by atoms with E-state index in [9.17, 15) is 10.1 Å². The molecular weight excluding hydrogens is 290 g/mol. The van der Waals surface area contributed by atoms with Crippen LogP contribution >= 0.6 is 23.4 Å². The number of benzene rings is 1. The maximum Gasteiger partial charge on any atom is 0.284 e. The summed E-state index contributed by atoms with van der Waals surface area (Å²) in [7, 11) is 0. The second-order valence-electron chi connectivity index (χ2n) is 4.15. The molecule has 0 aliphatic heterocycles. The standard InChI is InChI=1S/C11H8ClN3O3S/c12-7-3-4-9(8(5-7)15(16)17)19-11-14-13-10(18-11)6-1-2-6/h3-6H,1-2H2. The van der Waals surface area contributed by atoms with Crippen molar-refractivity contribution >= 4 is 29.1 Å². The Hall–Kier alpha value is -1.60. The fourth-order valence-corrected chi connectivity index (χ4v) is 2.51. The minimum atomic E-state index is -0.480. The van der Waals surface area contributed by atoms with Gasteiger partial charge in [-0.05, 0) is 36.7 Å². The van der Waals surface area contributed by atoms with Crippen LogP contribution < -0.4 is 0 Å². The summed E-state index contributed by atoms with van der Waals surface area (Å²) >= 11 is 6.83. The number of nitrogens with zero attached hydrogens (tertiary/aromatic N) is 3. The summed E-state index contributed by atoms with van der Waals surface area (Å²) in [6.45, 7) is 0. The highest BCUT2D eigenvalue weighted by Gasteiger charge is 2.29. The van der Waals surface area contributed by atoms with E-state index in [4.69, 9.17) is 16.0 Å².